The minimum atomic E-state index is -0.438. The molecule has 0 aromatic carbocycles. The molecule has 1 aromatic rings. The van der Waals surface area contributed by atoms with Crippen molar-refractivity contribution in [3.05, 3.63) is 22.2 Å². The van der Waals surface area contributed by atoms with Gasteiger partial charge in [-0.15, -0.1) is 0 Å². The van der Waals surface area contributed by atoms with E-state index in [0.717, 1.165) is 0 Å². The highest BCUT2D eigenvalue weighted by Crippen LogP contribution is 2.25. The summed E-state index contributed by atoms with van der Waals surface area (Å²) >= 11 is 0. The van der Waals surface area contributed by atoms with Gasteiger partial charge in [-0.25, -0.2) is 4.98 Å². The van der Waals surface area contributed by atoms with Crippen molar-refractivity contribution in [1.82, 2.24) is 4.98 Å². The summed E-state index contributed by atoms with van der Waals surface area (Å²) in [6, 6.07) is 2.99. The molecule has 0 fully saturated rings. The van der Waals surface area contributed by atoms with Gasteiger partial charge < -0.3 is 15.4 Å². The lowest BCUT2D eigenvalue weighted by Gasteiger charge is -2.22. The van der Waals surface area contributed by atoms with Gasteiger partial charge in [0.2, 0.25) is 5.82 Å². The van der Waals surface area contributed by atoms with Gasteiger partial charge in [0.05, 0.1) is 17.6 Å². The standard InChI is InChI=1S/C13H22N4O3/c1-5-20-8-10(9(2)3)15-13-11(17(18)19)6-7-12(14-4)16-13/h6-7,9-10H,5,8H2,1-4H3,(H2,14,15,16). The normalized spacial score (nSPS) is 12.2. The largest absolute Gasteiger partial charge is 0.380 e. The van der Waals surface area contributed by atoms with Gasteiger partial charge in [0.1, 0.15) is 5.82 Å². The van der Waals surface area contributed by atoms with E-state index in [1.54, 1.807) is 13.1 Å². The molecule has 0 aliphatic carbocycles. The van der Waals surface area contributed by atoms with Crippen LogP contribution in [-0.2, 0) is 4.74 Å². The summed E-state index contributed by atoms with van der Waals surface area (Å²) in [5.41, 5.74) is -0.0360. The third-order valence-corrected chi connectivity index (χ3v) is 2.96. The second-order valence-corrected chi connectivity index (χ2v) is 4.73. The Kier molecular flexibility index (Phi) is 6.17. The number of nitrogens with zero attached hydrogens (tertiary/aromatic N) is 2. The molecule has 1 aromatic heterocycles. The highest BCUT2D eigenvalue weighted by molar-refractivity contribution is 5.60. The molecular formula is C13H22N4O3. The molecule has 0 spiro atoms. The predicted molar refractivity (Wildman–Crippen MR) is 79.2 cm³/mol. The van der Waals surface area contributed by atoms with E-state index in [4.69, 9.17) is 4.74 Å². The summed E-state index contributed by atoms with van der Waals surface area (Å²) in [5, 5.41) is 17.1. The monoisotopic (exact) mass is 282 g/mol. The summed E-state index contributed by atoms with van der Waals surface area (Å²) in [7, 11) is 1.72. The first-order valence-electron chi connectivity index (χ1n) is 6.67. The number of nitro groups is 1. The van der Waals surface area contributed by atoms with Crippen molar-refractivity contribution in [2.75, 3.05) is 30.9 Å². The van der Waals surface area contributed by atoms with Crippen LogP contribution in [0.4, 0.5) is 17.3 Å². The van der Waals surface area contributed by atoms with Crippen LogP contribution in [0, 0.1) is 16.0 Å². The highest BCUT2D eigenvalue weighted by Gasteiger charge is 2.21. The molecule has 0 saturated carbocycles. The molecule has 0 amide bonds. The molecule has 0 radical (unpaired) electrons. The molecule has 1 heterocycles. The Morgan fingerprint density at radius 3 is 2.65 bits per heavy atom. The summed E-state index contributed by atoms with van der Waals surface area (Å²) in [6.45, 7) is 7.07. The van der Waals surface area contributed by atoms with E-state index in [-0.39, 0.29) is 23.5 Å². The van der Waals surface area contributed by atoms with Gasteiger partial charge in [-0.3, -0.25) is 10.1 Å². The molecular weight excluding hydrogens is 260 g/mol. The zero-order chi connectivity index (χ0) is 15.1. The minimum Gasteiger partial charge on any atom is -0.380 e. The number of hydrogen-bond donors (Lipinski definition) is 2. The first kappa shape index (κ1) is 16.2. The average molecular weight is 282 g/mol. The van der Waals surface area contributed by atoms with E-state index < -0.39 is 4.92 Å². The van der Waals surface area contributed by atoms with E-state index in [2.05, 4.69) is 15.6 Å². The zero-order valence-electron chi connectivity index (χ0n) is 12.3. The van der Waals surface area contributed by atoms with Gasteiger partial charge in [-0.1, -0.05) is 13.8 Å². The smallest absolute Gasteiger partial charge is 0.311 e. The zero-order valence-corrected chi connectivity index (χ0v) is 12.3. The molecule has 1 atom stereocenters. The highest BCUT2D eigenvalue weighted by atomic mass is 16.6. The third-order valence-electron chi connectivity index (χ3n) is 2.96. The van der Waals surface area contributed by atoms with Crippen molar-refractivity contribution < 1.29 is 9.66 Å². The molecule has 20 heavy (non-hydrogen) atoms. The van der Waals surface area contributed by atoms with Crippen LogP contribution in [0.2, 0.25) is 0 Å². The molecule has 0 aliphatic heterocycles. The van der Waals surface area contributed by atoms with Gasteiger partial charge in [0, 0.05) is 19.7 Å². The molecule has 7 nitrogen and oxygen atoms in total. The van der Waals surface area contributed by atoms with Crippen molar-refractivity contribution in [2.24, 2.45) is 5.92 Å². The van der Waals surface area contributed by atoms with Crippen LogP contribution < -0.4 is 10.6 Å². The predicted octanol–water partition coefficient (Wildman–Crippen LogP) is 2.50. The molecule has 1 rings (SSSR count). The fourth-order valence-electron chi connectivity index (χ4n) is 1.67. The van der Waals surface area contributed by atoms with E-state index in [9.17, 15) is 10.1 Å². The van der Waals surface area contributed by atoms with E-state index in [1.165, 1.54) is 6.07 Å². The Balaban J connectivity index is 2.99. The van der Waals surface area contributed by atoms with Crippen molar-refractivity contribution >= 4 is 17.3 Å². The maximum Gasteiger partial charge on any atom is 0.311 e. The van der Waals surface area contributed by atoms with E-state index >= 15 is 0 Å². The van der Waals surface area contributed by atoms with Gasteiger partial charge in [-0.2, -0.15) is 0 Å². The summed E-state index contributed by atoms with van der Waals surface area (Å²) < 4.78 is 5.41. The van der Waals surface area contributed by atoms with Gasteiger partial charge >= 0.3 is 5.69 Å². The molecule has 0 bridgehead atoms. The lowest BCUT2D eigenvalue weighted by molar-refractivity contribution is -0.384. The van der Waals surface area contributed by atoms with Crippen molar-refractivity contribution in [1.29, 1.82) is 0 Å². The number of rotatable bonds is 8. The van der Waals surface area contributed by atoms with Crippen LogP contribution in [0.1, 0.15) is 20.8 Å². The Labute approximate surface area is 118 Å². The molecule has 1 unspecified atom stereocenters. The summed E-state index contributed by atoms with van der Waals surface area (Å²) in [6.07, 6.45) is 0. The number of aromatic nitrogens is 1. The SMILES string of the molecule is CCOCC(Nc1nc(NC)ccc1[N+](=O)[O-])C(C)C. The van der Waals surface area contributed by atoms with Gasteiger partial charge in [0.25, 0.3) is 0 Å². The molecule has 0 aliphatic rings. The summed E-state index contributed by atoms with van der Waals surface area (Å²) in [5.74, 6) is 1.11. The van der Waals surface area contributed by atoms with Crippen LogP contribution >= 0.6 is 0 Å². The van der Waals surface area contributed by atoms with E-state index in [0.29, 0.717) is 19.0 Å². The lowest BCUT2D eigenvalue weighted by atomic mass is 10.1. The topological polar surface area (TPSA) is 89.3 Å². The Morgan fingerprint density at radius 2 is 2.15 bits per heavy atom. The Hall–Kier alpha value is -1.89. The van der Waals surface area contributed by atoms with Crippen molar-refractivity contribution in [2.45, 2.75) is 26.8 Å². The number of pyridine rings is 1. The van der Waals surface area contributed by atoms with Gasteiger partial charge in [0.15, 0.2) is 0 Å². The van der Waals surface area contributed by atoms with Crippen LogP contribution in [0.5, 0.6) is 0 Å². The number of ether oxygens (including phenoxy) is 1. The minimum absolute atomic E-state index is 0.0340. The van der Waals surface area contributed by atoms with Gasteiger partial charge in [-0.05, 0) is 18.9 Å². The Morgan fingerprint density at radius 1 is 1.45 bits per heavy atom. The Bertz CT molecular complexity index is 451. The van der Waals surface area contributed by atoms with Crippen LogP contribution in [0.3, 0.4) is 0 Å². The van der Waals surface area contributed by atoms with Crippen LogP contribution in [0.25, 0.3) is 0 Å². The molecule has 0 saturated heterocycles. The lowest BCUT2D eigenvalue weighted by Crippen LogP contribution is -2.31. The quantitative estimate of drug-likeness (QED) is 0.562. The first-order chi connectivity index (χ1) is 9.49. The maximum atomic E-state index is 11.1. The summed E-state index contributed by atoms with van der Waals surface area (Å²) in [4.78, 5) is 14.8. The van der Waals surface area contributed by atoms with Crippen molar-refractivity contribution in [3.63, 3.8) is 0 Å². The number of anilines is 2. The average Bonchev–Trinajstić information content (AvgIpc) is 2.42. The fourth-order valence-corrected chi connectivity index (χ4v) is 1.67. The van der Waals surface area contributed by atoms with Crippen LogP contribution in [0.15, 0.2) is 12.1 Å². The first-order valence-corrected chi connectivity index (χ1v) is 6.67. The number of hydrogen-bond acceptors (Lipinski definition) is 6. The fraction of sp³-hybridized carbons (Fsp3) is 0.615. The molecule has 2 N–H and O–H groups in total. The van der Waals surface area contributed by atoms with E-state index in [1.807, 2.05) is 20.8 Å². The molecule has 112 valence electrons. The third kappa shape index (κ3) is 4.34. The second-order valence-electron chi connectivity index (χ2n) is 4.73. The maximum absolute atomic E-state index is 11.1. The number of nitrogens with one attached hydrogen (secondary N) is 2. The second kappa shape index (κ2) is 7.64. The molecule has 7 heteroatoms. The van der Waals surface area contributed by atoms with Crippen LogP contribution in [-0.4, -0.2) is 36.2 Å². The van der Waals surface area contributed by atoms with Crippen molar-refractivity contribution in [3.8, 4) is 0 Å².